The fourth-order valence-electron chi connectivity index (χ4n) is 2.26. The molecular weight excluding hydrogens is 244 g/mol. The number of halogens is 1. The summed E-state index contributed by atoms with van der Waals surface area (Å²) in [6.07, 6.45) is 4.23. The van der Waals surface area contributed by atoms with Gasteiger partial charge in [0.25, 0.3) is 0 Å². The first-order chi connectivity index (χ1) is 8.63. The fourth-order valence-corrected chi connectivity index (χ4v) is 2.43. The van der Waals surface area contributed by atoms with E-state index >= 15 is 0 Å². The van der Waals surface area contributed by atoms with Gasteiger partial charge in [0.1, 0.15) is 0 Å². The molecule has 2 rings (SSSR count). The van der Waals surface area contributed by atoms with E-state index in [1.54, 1.807) is 0 Å². The van der Waals surface area contributed by atoms with E-state index in [0.29, 0.717) is 6.04 Å². The van der Waals surface area contributed by atoms with Gasteiger partial charge in [-0.15, -0.1) is 0 Å². The minimum atomic E-state index is 0.524. The van der Waals surface area contributed by atoms with Crippen molar-refractivity contribution in [1.29, 1.82) is 0 Å². The van der Waals surface area contributed by atoms with Gasteiger partial charge in [-0.1, -0.05) is 24.9 Å². The Kier molecular flexibility index (Phi) is 4.07. The molecule has 0 aliphatic heterocycles. The second kappa shape index (κ2) is 5.57. The van der Waals surface area contributed by atoms with E-state index in [0.717, 1.165) is 15.9 Å². The first-order valence-corrected chi connectivity index (χ1v) is 6.78. The molecule has 0 radical (unpaired) electrons. The molecule has 2 nitrogen and oxygen atoms in total. The number of rotatable bonds is 4. The van der Waals surface area contributed by atoms with Crippen molar-refractivity contribution in [1.82, 2.24) is 4.98 Å². The number of aromatic nitrogens is 1. The molecule has 0 fully saturated rings. The highest BCUT2D eigenvalue weighted by Crippen LogP contribution is 2.28. The van der Waals surface area contributed by atoms with Crippen LogP contribution < -0.4 is 4.90 Å². The highest BCUT2D eigenvalue weighted by molar-refractivity contribution is 6.31. The third kappa shape index (κ3) is 2.59. The van der Waals surface area contributed by atoms with E-state index in [1.165, 1.54) is 18.5 Å². The maximum Gasteiger partial charge on any atom is 0.0737 e. The number of anilines is 1. The van der Waals surface area contributed by atoms with Crippen molar-refractivity contribution >= 4 is 28.2 Å². The fraction of sp³-hybridized carbons (Fsp3) is 0.400. The molecular formula is C15H19ClN2. The van der Waals surface area contributed by atoms with Crippen molar-refractivity contribution in [3.63, 3.8) is 0 Å². The molecule has 18 heavy (non-hydrogen) atoms. The van der Waals surface area contributed by atoms with Crippen LogP contribution in [0.4, 0.5) is 5.69 Å². The predicted octanol–water partition coefficient (Wildman–Crippen LogP) is 4.51. The Labute approximate surface area is 114 Å². The van der Waals surface area contributed by atoms with Crippen molar-refractivity contribution in [2.75, 3.05) is 11.9 Å². The topological polar surface area (TPSA) is 16.1 Å². The summed E-state index contributed by atoms with van der Waals surface area (Å²) in [4.78, 5) is 6.70. The van der Waals surface area contributed by atoms with Crippen LogP contribution in [-0.4, -0.2) is 18.1 Å². The SMILES string of the molecule is CCC[C@@H](C)N(C)c1ccnc2cc(Cl)ccc12. The van der Waals surface area contributed by atoms with Crippen molar-refractivity contribution in [2.24, 2.45) is 0 Å². The largest absolute Gasteiger partial charge is 0.371 e. The highest BCUT2D eigenvalue weighted by Gasteiger charge is 2.12. The molecule has 0 saturated carbocycles. The molecule has 0 aliphatic rings. The molecule has 0 saturated heterocycles. The van der Waals surface area contributed by atoms with Crippen molar-refractivity contribution in [3.05, 3.63) is 35.5 Å². The molecule has 1 heterocycles. The third-order valence-electron chi connectivity index (χ3n) is 3.43. The number of hydrogen-bond acceptors (Lipinski definition) is 2. The van der Waals surface area contributed by atoms with Crippen LogP contribution in [0, 0.1) is 0 Å². The summed E-state index contributed by atoms with van der Waals surface area (Å²) in [5, 5.41) is 1.89. The van der Waals surface area contributed by atoms with Gasteiger partial charge in [0.2, 0.25) is 0 Å². The lowest BCUT2D eigenvalue weighted by Crippen LogP contribution is -2.28. The number of fused-ring (bicyclic) bond motifs is 1. The van der Waals surface area contributed by atoms with Crippen LogP contribution in [0.1, 0.15) is 26.7 Å². The monoisotopic (exact) mass is 262 g/mol. The summed E-state index contributed by atoms with van der Waals surface area (Å²) < 4.78 is 0. The Bertz CT molecular complexity index is 539. The van der Waals surface area contributed by atoms with Gasteiger partial charge in [-0.25, -0.2) is 0 Å². The quantitative estimate of drug-likeness (QED) is 0.806. The van der Waals surface area contributed by atoms with E-state index in [-0.39, 0.29) is 0 Å². The molecule has 3 heteroatoms. The molecule has 0 spiro atoms. The summed E-state index contributed by atoms with van der Waals surface area (Å²) in [6.45, 7) is 4.47. The van der Waals surface area contributed by atoms with Gasteiger partial charge in [0.15, 0.2) is 0 Å². The van der Waals surface area contributed by atoms with Crippen LogP contribution in [0.5, 0.6) is 0 Å². The normalized spacial score (nSPS) is 12.7. The second-order valence-electron chi connectivity index (χ2n) is 4.74. The molecule has 1 atom stereocenters. The van der Waals surface area contributed by atoms with Gasteiger partial charge in [-0.3, -0.25) is 4.98 Å². The van der Waals surface area contributed by atoms with E-state index in [9.17, 15) is 0 Å². The van der Waals surface area contributed by atoms with Crippen LogP contribution in [0.2, 0.25) is 5.02 Å². The van der Waals surface area contributed by atoms with E-state index in [1.807, 2.05) is 18.3 Å². The first kappa shape index (κ1) is 13.2. The number of benzene rings is 1. The minimum absolute atomic E-state index is 0.524. The van der Waals surface area contributed by atoms with E-state index < -0.39 is 0 Å². The summed E-state index contributed by atoms with van der Waals surface area (Å²) >= 11 is 6.01. The first-order valence-electron chi connectivity index (χ1n) is 6.40. The lowest BCUT2D eigenvalue weighted by molar-refractivity contribution is 0.617. The van der Waals surface area contributed by atoms with Crippen LogP contribution in [0.25, 0.3) is 10.9 Å². The van der Waals surface area contributed by atoms with Gasteiger partial charge in [-0.2, -0.15) is 0 Å². The zero-order chi connectivity index (χ0) is 13.1. The Morgan fingerprint density at radius 3 is 2.83 bits per heavy atom. The molecule has 0 bridgehead atoms. The number of nitrogens with zero attached hydrogens (tertiary/aromatic N) is 2. The van der Waals surface area contributed by atoms with Gasteiger partial charge in [0.05, 0.1) is 5.52 Å². The average molecular weight is 263 g/mol. The van der Waals surface area contributed by atoms with Crippen LogP contribution in [0.3, 0.4) is 0 Å². The van der Waals surface area contributed by atoms with Gasteiger partial charge in [0, 0.05) is 35.4 Å². The minimum Gasteiger partial charge on any atom is -0.371 e. The number of hydrogen-bond donors (Lipinski definition) is 0. The predicted molar refractivity (Wildman–Crippen MR) is 79.5 cm³/mol. The van der Waals surface area contributed by atoms with Gasteiger partial charge < -0.3 is 4.90 Å². The summed E-state index contributed by atoms with van der Waals surface area (Å²) in [5.74, 6) is 0. The van der Waals surface area contributed by atoms with E-state index in [4.69, 9.17) is 11.6 Å². The van der Waals surface area contributed by atoms with Crippen LogP contribution in [-0.2, 0) is 0 Å². The van der Waals surface area contributed by atoms with Crippen molar-refractivity contribution in [3.8, 4) is 0 Å². The smallest absolute Gasteiger partial charge is 0.0737 e. The molecule has 1 aromatic heterocycles. The molecule has 2 aromatic rings. The van der Waals surface area contributed by atoms with Gasteiger partial charge >= 0.3 is 0 Å². The highest BCUT2D eigenvalue weighted by atomic mass is 35.5. The Balaban J connectivity index is 2.44. The summed E-state index contributed by atoms with van der Waals surface area (Å²) in [6, 6.07) is 8.49. The second-order valence-corrected chi connectivity index (χ2v) is 5.18. The van der Waals surface area contributed by atoms with Crippen molar-refractivity contribution in [2.45, 2.75) is 32.7 Å². The van der Waals surface area contributed by atoms with Crippen LogP contribution in [0.15, 0.2) is 30.5 Å². The molecule has 0 unspecified atom stereocenters. The lowest BCUT2D eigenvalue weighted by atomic mass is 10.1. The molecule has 0 N–H and O–H groups in total. The number of pyridine rings is 1. The standard InChI is InChI=1S/C15H19ClN2/c1-4-5-11(2)18(3)15-8-9-17-14-10-12(16)6-7-13(14)15/h6-11H,4-5H2,1-3H3/t11-/m1/s1. The van der Waals surface area contributed by atoms with Crippen LogP contribution >= 0.6 is 11.6 Å². The Morgan fingerprint density at radius 1 is 1.33 bits per heavy atom. The van der Waals surface area contributed by atoms with E-state index in [2.05, 4.69) is 42.9 Å². The van der Waals surface area contributed by atoms with Gasteiger partial charge in [-0.05, 0) is 37.6 Å². The molecule has 1 aromatic carbocycles. The molecule has 0 aliphatic carbocycles. The summed E-state index contributed by atoms with van der Waals surface area (Å²) in [7, 11) is 2.14. The zero-order valence-electron chi connectivity index (χ0n) is 11.2. The zero-order valence-corrected chi connectivity index (χ0v) is 11.9. The third-order valence-corrected chi connectivity index (χ3v) is 3.66. The maximum atomic E-state index is 6.01. The lowest BCUT2D eigenvalue weighted by Gasteiger charge is -2.27. The Hall–Kier alpha value is -1.28. The Morgan fingerprint density at radius 2 is 2.11 bits per heavy atom. The molecule has 0 amide bonds. The maximum absolute atomic E-state index is 6.01. The summed E-state index contributed by atoms with van der Waals surface area (Å²) in [5.41, 5.74) is 2.17. The van der Waals surface area contributed by atoms with Crippen molar-refractivity contribution < 1.29 is 0 Å². The molecule has 96 valence electrons. The average Bonchev–Trinajstić information content (AvgIpc) is 2.37.